The number of benzene rings is 2. The Morgan fingerprint density at radius 2 is 1.88 bits per heavy atom. The Bertz CT molecular complexity index is 1200. The number of aryl methyl sites for hydroxylation is 1. The number of thioether (sulfide) groups is 1. The third kappa shape index (κ3) is 5.17. The molecular formula is C23H23N5O2S2. The second-order valence-corrected chi connectivity index (χ2v) is 9.26. The number of carbonyl (C=O) groups excluding carboxylic acids is 1. The van der Waals surface area contributed by atoms with Crippen LogP contribution in [0, 0.1) is 6.92 Å². The van der Waals surface area contributed by atoms with Crippen molar-refractivity contribution in [2.75, 3.05) is 18.2 Å². The molecule has 2 aromatic heterocycles. The number of methoxy groups -OCH3 is 1. The minimum atomic E-state index is -0.122. The smallest absolute Gasteiger partial charge is 0.236 e. The molecule has 0 atom stereocenters. The van der Waals surface area contributed by atoms with Gasteiger partial charge in [-0.3, -0.25) is 4.79 Å². The van der Waals surface area contributed by atoms with Crippen LogP contribution in [0.5, 0.6) is 5.75 Å². The van der Waals surface area contributed by atoms with E-state index >= 15 is 0 Å². The molecule has 2 heterocycles. The Balaban J connectivity index is 1.34. The molecule has 0 fully saturated rings. The average molecular weight is 466 g/mol. The molecule has 2 aromatic carbocycles. The zero-order valence-corrected chi connectivity index (χ0v) is 19.7. The summed E-state index contributed by atoms with van der Waals surface area (Å²) in [6.07, 6.45) is 0.654. The van der Waals surface area contributed by atoms with Crippen molar-refractivity contribution >= 4 is 34.1 Å². The van der Waals surface area contributed by atoms with Gasteiger partial charge in [0.1, 0.15) is 11.6 Å². The normalized spacial score (nSPS) is 10.8. The van der Waals surface area contributed by atoms with Crippen LogP contribution in [0.2, 0.25) is 0 Å². The molecule has 1 amide bonds. The molecule has 9 heteroatoms. The highest BCUT2D eigenvalue weighted by molar-refractivity contribution is 7.99. The summed E-state index contributed by atoms with van der Waals surface area (Å²) in [6, 6.07) is 17.8. The first-order valence-corrected chi connectivity index (χ1v) is 11.8. The summed E-state index contributed by atoms with van der Waals surface area (Å²) in [6.45, 7) is 2.01. The number of hydrogen-bond acceptors (Lipinski definition) is 7. The molecular weight excluding hydrogens is 442 g/mol. The molecule has 0 aliphatic heterocycles. The van der Waals surface area contributed by atoms with E-state index in [2.05, 4.69) is 20.5 Å². The third-order valence-corrected chi connectivity index (χ3v) is 6.78. The Morgan fingerprint density at radius 3 is 2.59 bits per heavy atom. The zero-order chi connectivity index (χ0) is 22.5. The second-order valence-electron chi connectivity index (χ2n) is 7.11. The number of nitrogens with one attached hydrogen (secondary N) is 1. The highest BCUT2D eigenvalue weighted by atomic mass is 32.2. The molecule has 32 heavy (non-hydrogen) atoms. The minimum absolute atomic E-state index is 0.122. The first-order valence-electron chi connectivity index (χ1n) is 10.00. The Morgan fingerprint density at radius 1 is 1.12 bits per heavy atom. The van der Waals surface area contributed by atoms with Gasteiger partial charge in [0, 0.05) is 23.9 Å². The molecule has 4 aromatic rings. The van der Waals surface area contributed by atoms with Crippen LogP contribution in [-0.4, -0.2) is 38.5 Å². The summed E-state index contributed by atoms with van der Waals surface area (Å²) in [5.74, 6) is 1.76. The predicted octanol–water partition coefficient (Wildman–Crippen LogP) is 4.58. The molecule has 0 saturated carbocycles. The van der Waals surface area contributed by atoms with Crippen LogP contribution in [0.4, 0.5) is 5.13 Å². The van der Waals surface area contributed by atoms with Crippen LogP contribution in [-0.2, 0) is 18.3 Å². The van der Waals surface area contributed by atoms with Gasteiger partial charge in [-0.05, 0) is 24.6 Å². The van der Waals surface area contributed by atoms with E-state index in [4.69, 9.17) is 4.74 Å². The van der Waals surface area contributed by atoms with Crippen LogP contribution in [0.1, 0.15) is 16.3 Å². The molecule has 0 saturated heterocycles. The van der Waals surface area contributed by atoms with Crippen molar-refractivity contribution in [2.24, 2.45) is 7.05 Å². The lowest BCUT2D eigenvalue weighted by atomic mass is 10.1. The summed E-state index contributed by atoms with van der Waals surface area (Å²) < 4.78 is 7.12. The quantitative estimate of drug-likeness (QED) is 0.384. The van der Waals surface area contributed by atoms with Gasteiger partial charge in [-0.1, -0.05) is 54.2 Å². The van der Waals surface area contributed by atoms with Gasteiger partial charge in [0.2, 0.25) is 5.91 Å². The lowest BCUT2D eigenvalue weighted by Gasteiger charge is -2.05. The molecule has 4 rings (SSSR count). The second kappa shape index (κ2) is 9.97. The van der Waals surface area contributed by atoms with Crippen LogP contribution < -0.4 is 10.1 Å². The Hall–Kier alpha value is -3.17. The van der Waals surface area contributed by atoms with E-state index in [0.29, 0.717) is 16.7 Å². The van der Waals surface area contributed by atoms with Gasteiger partial charge < -0.3 is 14.6 Å². The Labute approximate surface area is 194 Å². The fourth-order valence-electron chi connectivity index (χ4n) is 3.15. The summed E-state index contributed by atoms with van der Waals surface area (Å²) >= 11 is 2.83. The van der Waals surface area contributed by atoms with Crippen molar-refractivity contribution in [3.63, 3.8) is 0 Å². The van der Waals surface area contributed by atoms with Crippen LogP contribution >= 0.6 is 23.1 Å². The van der Waals surface area contributed by atoms with Crippen molar-refractivity contribution in [2.45, 2.75) is 18.5 Å². The number of carbonyl (C=O) groups is 1. The monoisotopic (exact) mass is 465 g/mol. The number of anilines is 1. The molecule has 0 spiro atoms. The molecule has 0 radical (unpaired) electrons. The largest absolute Gasteiger partial charge is 0.497 e. The molecule has 1 N–H and O–H groups in total. The first-order chi connectivity index (χ1) is 15.5. The van der Waals surface area contributed by atoms with E-state index in [1.165, 1.54) is 23.1 Å². The van der Waals surface area contributed by atoms with Gasteiger partial charge in [-0.25, -0.2) is 4.98 Å². The fourth-order valence-corrected chi connectivity index (χ4v) is 4.73. The average Bonchev–Trinajstić information content (AvgIpc) is 3.35. The summed E-state index contributed by atoms with van der Waals surface area (Å²) in [5.41, 5.74) is 3.05. The number of thiazole rings is 1. The van der Waals surface area contributed by atoms with Crippen LogP contribution in [0.15, 0.2) is 59.8 Å². The van der Waals surface area contributed by atoms with E-state index in [9.17, 15) is 4.79 Å². The van der Waals surface area contributed by atoms with E-state index in [0.717, 1.165) is 33.3 Å². The summed E-state index contributed by atoms with van der Waals surface area (Å²) in [4.78, 5) is 18.1. The number of ether oxygens (including phenoxy) is 1. The number of hydrogen-bond donors (Lipinski definition) is 1. The van der Waals surface area contributed by atoms with Gasteiger partial charge in [-0.15, -0.1) is 21.5 Å². The maximum atomic E-state index is 12.5. The van der Waals surface area contributed by atoms with Crippen molar-refractivity contribution in [1.82, 2.24) is 19.7 Å². The van der Waals surface area contributed by atoms with E-state index in [1.807, 2.05) is 73.1 Å². The number of aromatic nitrogens is 4. The van der Waals surface area contributed by atoms with Gasteiger partial charge in [0.15, 0.2) is 10.3 Å². The van der Waals surface area contributed by atoms with E-state index in [-0.39, 0.29) is 11.7 Å². The highest BCUT2D eigenvalue weighted by Crippen LogP contribution is 2.30. The lowest BCUT2D eigenvalue weighted by molar-refractivity contribution is -0.113. The number of nitrogens with zero attached hydrogens (tertiary/aromatic N) is 4. The number of amides is 1. The predicted molar refractivity (Wildman–Crippen MR) is 128 cm³/mol. The van der Waals surface area contributed by atoms with Gasteiger partial charge in [0.05, 0.1) is 18.6 Å². The van der Waals surface area contributed by atoms with Gasteiger partial charge >= 0.3 is 0 Å². The first kappa shape index (κ1) is 22.0. The van der Waals surface area contributed by atoms with E-state index in [1.54, 1.807) is 7.11 Å². The van der Waals surface area contributed by atoms with Gasteiger partial charge in [0.25, 0.3) is 0 Å². The maximum Gasteiger partial charge on any atom is 0.236 e. The third-order valence-electron chi connectivity index (χ3n) is 4.87. The maximum absolute atomic E-state index is 12.5. The topological polar surface area (TPSA) is 81.9 Å². The van der Waals surface area contributed by atoms with Crippen molar-refractivity contribution in [3.8, 4) is 17.0 Å². The Kier molecular flexibility index (Phi) is 6.87. The molecule has 164 valence electrons. The van der Waals surface area contributed by atoms with Crippen LogP contribution in [0.3, 0.4) is 0 Å². The van der Waals surface area contributed by atoms with Crippen molar-refractivity contribution in [1.29, 1.82) is 0 Å². The van der Waals surface area contributed by atoms with E-state index < -0.39 is 0 Å². The van der Waals surface area contributed by atoms with Crippen molar-refractivity contribution < 1.29 is 9.53 Å². The fraction of sp³-hybridized carbons (Fsp3) is 0.217. The van der Waals surface area contributed by atoms with Crippen LogP contribution in [0.25, 0.3) is 11.3 Å². The van der Waals surface area contributed by atoms with Gasteiger partial charge in [-0.2, -0.15) is 0 Å². The SMILES string of the molecule is COc1ccc(Cc2nnc(SCC(=O)Nc3nc(-c4ccccc4)c(C)s3)n2C)cc1. The summed E-state index contributed by atoms with van der Waals surface area (Å²) in [5, 5.41) is 12.7. The zero-order valence-electron chi connectivity index (χ0n) is 18.0. The molecule has 0 bridgehead atoms. The summed E-state index contributed by atoms with van der Waals surface area (Å²) in [7, 11) is 3.56. The lowest BCUT2D eigenvalue weighted by Crippen LogP contribution is -2.14. The molecule has 0 aliphatic rings. The molecule has 0 aliphatic carbocycles. The highest BCUT2D eigenvalue weighted by Gasteiger charge is 2.15. The number of rotatable bonds is 8. The minimum Gasteiger partial charge on any atom is -0.497 e. The standard InChI is InChI=1S/C23H23N5O2S2/c1-15-21(17-7-5-4-6-8-17)25-22(32-15)24-20(29)14-31-23-27-26-19(28(23)2)13-16-9-11-18(30-3)12-10-16/h4-12H,13-14H2,1-3H3,(H,24,25,29). The van der Waals surface area contributed by atoms with Crippen molar-refractivity contribution in [3.05, 3.63) is 70.9 Å². The molecule has 0 unspecified atom stereocenters. The molecule has 7 nitrogen and oxygen atoms in total.